The third-order valence-corrected chi connectivity index (χ3v) is 3.30. The van der Waals surface area contributed by atoms with Crippen molar-refractivity contribution in [3.8, 4) is 0 Å². The van der Waals surface area contributed by atoms with Gasteiger partial charge in [0, 0.05) is 25.7 Å². The maximum atomic E-state index is 11.6. The number of aliphatic hydroxyl groups excluding tert-OH is 1. The molecule has 1 saturated carbocycles. The average Bonchev–Trinajstić information content (AvgIpc) is 2.61. The van der Waals surface area contributed by atoms with E-state index in [4.69, 9.17) is 5.11 Å². The number of hydrogen-bond acceptors (Lipinski definition) is 2. The van der Waals surface area contributed by atoms with Crippen LogP contribution in [0.4, 0.5) is 4.79 Å². The van der Waals surface area contributed by atoms with Gasteiger partial charge < -0.3 is 15.3 Å². The van der Waals surface area contributed by atoms with E-state index in [1.807, 2.05) is 4.90 Å². The Balaban J connectivity index is 1.89. The molecule has 2 rings (SSSR count). The number of carbonyl (C=O) groups excluding carboxylic acids is 1. The Labute approximate surface area is 84.3 Å². The van der Waals surface area contributed by atoms with Gasteiger partial charge in [-0.25, -0.2) is 4.79 Å². The monoisotopic (exact) mass is 198 g/mol. The lowest BCUT2D eigenvalue weighted by molar-refractivity contribution is 0.148. The molecule has 14 heavy (non-hydrogen) atoms. The summed E-state index contributed by atoms with van der Waals surface area (Å²) in [7, 11) is 0. The Bertz CT molecular complexity index is 220. The molecule has 0 bridgehead atoms. The van der Waals surface area contributed by atoms with Crippen LogP contribution in [0.5, 0.6) is 0 Å². The van der Waals surface area contributed by atoms with Gasteiger partial charge in [-0.15, -0.1) is 0 Å². The predicted molar refractivity (Wildman–Crippen MR) is 52.9 cm³/mol. The molecule has 1 saturated heterocycles. The second kappa shape index (κ2) is 4.17. The highest BCUT2D eigenvalue weighted by Crippen LogP contribution is 2.29. The molecule has 4 heteroatoms. The molecule has 2 amide bonds. The van der Waals surface area contributed by atoms with Gasteiger partial charge in [-0.3, -0.25) is 0 Å². The van der Waals surface area contributed by atoms with Crippen LogP contribution >= 0.6 is 0 Å². The first kappa shape index (κ1) is 9.77. The van der Waals surface area contributed by atoms with Gasteiger partial charge in [0.25, 0.3) is 0 Å². The molecule has 4 nitrogen and oxygen atoms in total. The lowest BCUT2D eigenvalue weighted by Crippen LogP contribution is -2.55. The lowest BCUT2D eigenvalue weighted by Gasteiger charge is -2.35. The molecule has 2 aliphatic rings. The van der Waals surface area contributed by atoms with Crippen LogP contribution in [0.2, 0.25) is 0 Å². The largest absolute Gasteiger partial charge is 0.396 e. The second-order valence-corrected chi connectivity index (χ2v) is 4.27. The third-order valence-electron chi connectivity index (χ3n) is 3.30. The molecule has 1 aliphatic heterocycles. The quantitative estimate of drug-likeness (QED) is 0.696. The topological polar surface area (TPSA) is 52.6 Å². The number of nitrogens with zero attached hydrogens (tertiary/aromatic N) is 1. The smallest absolute Gasteiger partial charge is 0.317 e. The minimum Gasteiger partial charge on any atom is -0.396 e. The summed E-state index contributed by atoms with van der Waals surface area (Å²) in [5, 5.41) is 11.8. The number of carbonyl (C=O) groups is 1. The Morgan fingerprint density at radius 1 is 1.50 bits per heavy atom. The molecule has 80 valence electrons. The zero-order chi connectivity index (χ0) is 9.97. The molecule has 1 aliphatic carbocycles. The summed E-state index contributed by atoms with van der Waals surface area (Å²) in [5.74, 6) is 0.645. The van der Waals surface area contributed by atoms with Crippen LogP contribution in [-0.2, 0) is 0 Å². The Kier molecular flexibility index (Phi) is 2.91. The van der Waals surface area contributed by atoms with Gasteiger partial charge in [0.15, 0.2) is 0 Å². The fourth-order valence-electron chi connectivity index (χ4n) is 2.52. The number of fused-ring (bicyclic) bond motifs is 1. The predicted octanol–water partition coefficient (Wildman–Crippen LogP) is 0.563. The number of nitrogens with one attached hydrogen (secondary N) is 1. The minimum atomic E-state index is 0.0570. The first-order valence-corrected chi connectivity index (χ1v) is 5.47. The molecular formula is C10H18N2O2. The van der Waals surface area contributed by atoms with Gasteiger partial charge in [0.2, 0.25) is 0 Å². The standard InChI is InChI=1S/C10H18N2O2/c13-6-2-5-12-7-8-3-1-4-9(8)11-10(12)14/h8-9,13H,1-7H2,(H,11,14). The number of amides is 2. The van der Waals surface area contributed by atoms with Crippen LogP contribution < -0.4 is 5.32 Å². The highest BCUT2D eigenvalue weighted by Gasteiger charge is 2.35. The zero-order valence-corrected chi connectivity index (χ0v) is 8.41. The maximum Gasteiger partial charge on any atom is 0.317 e. The SMILES string of the molecule is O=C1NC2CCCC2CN1CCCO. The second-order valence-electron chi connectivity index (χ2n) is 4.27. The van der Waals surface area contributed by atoms with Crippen LogP contribution in [0.1, 0.15) is 25.7 Å². The van der Waals surface area contributed by atoms with Crippen LogP contribution in [0.25, 0.3) is 0 Å². The van der Waals surface area contributed by atoms with E-state index in [9.17, 15) is 4.79 Å². The Morgan fingerprint density at radius 3 is 3.14 bits per heavy atom. The summed E-state index contributed by atoms with van der Waals surface area (Å²) in [6, 6.07) is 0.481. The minimum absolute atomic E-state index is 0.0570. The van der Waals surface area contributed by atoms with Crippen LogP contribution in [0, 0.1) is 5.92 Å². The van der Waals surface area contributed by atoms with E-state index in [2.05, 4.69) is 5.32 Å². The summed E-state index contributed by atoms with van der Waals surface area (Å²) in [5.41, 5.74) is 0. The molecule has 2 N–H and O–H groups in total. The Hall–Kier alpha value is -0.770. The van der Waals surface area contributed by atoms with Crippen LogP contribution in [0.3, 0.4) is 0 Å². The molecule has 0 aromatic rings. The van der Waals surface area contributed by atoms with Crippen molar-refractivity contribution in [2.45, 2.75) is 31.7 Å². The molecule has 2 unspecified atom stereocenters. The van der Waals surface area contributed by atoms with Crippen molar-refractivity contribution in [1.29, 1.82) is 0 Å². The van der Waals surface area contributed by atoms with Crippen molar-refractivity contribution < 1.29 is 9.90 Å². The molecule has 2 atom stereocenters. The molecule has 0 aromatic carbocycles. The van der Waals surface area contributed by atoms with Gasteiger partial charge in [0.05, 0.1) is 0 Å². The summed E-state index contributed by atoms with van der Waals surface area (Å²) < 4.78 is 0. The molecular weight excluding hydrogens is 180 g/mol. The van der Waals surface area contributed by atoms with E-state index in [0.29, 0.717) is 24.9 Å². The van der Waals surface area contributed by atoms with Crippen LogP contribution in [0.15, 0.2) is 0 Å². The van der Waals surface area contributed by atoms with Gasteiger partial charge in [-0.05, 0) is 25.2 Å². The number of rotatable bonds is 3. The van der Waals surface area contributed by atoms with Gasteiger partial charge in [-0.1, -0.05) is 6.42 Å². The van der Waals surface area contributed by atoms with E-state index in [1.54, 1.807) is 0 Å². The summed E-state index contributed by atoms with van der Waals surface area (Å²) >= 11 is 0. The van der Waals surface area contributed by atoms with Crippen molar-refractivity contribution in [3.63, 3.8) is 0 Å². The van der Waals surface area contributed by atoms with E-state index < -0.39 is 0 Å². The number of hydrogen-bond donors (Lipinski definition) is 2. The lowest BCUT2D eigenvalue weighted by atomic mass is 10.0. The first-order chi connectivity index (χ1) is 6.81. The van der Waals surface area contributed by atoms with E-state index in [0.717, 1.165) is 13.0 Å². The third kappa shape index (κ3) is 1.85. The Morgan fingerprint density at radius 2 is 2.36 bits per heavy atom. The zero-order valence-electron chi connectivity index (χ0n) is 8.41. The van der Waals surface area contributed by atoms with E-state index in [1.165, 1.54) is 12.8 Å². The summed E-state index contributed by atoms with van der Waals surface area (Å²) in [6.45, 7) is 1.74. The number of urea groups is 1. The van der Waals surface area contributed by atoms with Gasteiger partial charge in [-0.2, -0.15) is 0 Å². The average molecular weight is 198 g/mol. The van der Waals surface area contributed by atoms with Gasteiger partial charge in [0.1, 0.15) is 0 Å². The summed E-state index contributed by atoms with van der Waals surface area (Å²) in [4.78, 5) is 13.4. The summed E-state index contributed by atoms with van der Waals surface area (Å²) in [6.07, 6.45) is 4.30. The van der Waals surface area contributed by atoms with E-state index in [-0.39, 0.29) is 12.6 Å². The normalized spacial score (nSPS) is 31.5. The molecule has 0 aromatic heterocycles. The maximum absolute atomic E-state index is 11.6. The molecule has 0 spiro atoms. The van der Waals surface area contributed by atoms with Gasteiger partial charge >= 0.3 is 6.03 Å². The van der Waals surface area contributed by atoms with Crippen molar-refractivity contribution in [2.24, 2.45) is 5.92 Å². The molecule has 1 heterocycles. The highest BCUT2D eigenvalue weighted by atomic mass is 16.3. The van der Waals surface area contributed by atoms with Crippen molar-refractivity contribution >= 4 is 6.03 Å². The van der Waals surface area contributed by atoms with Crippen molar-refractivity contribution in [3.05, 3.63) is 0 Å². The number of aliphatic hydroxyl groups is 1. The molecule has 2 fully saturated rings. The van der Waals surface area contributed by atoms with E-state index >= 15 is 0 Å². The van der Waals surface area contributed by atoms with Crippen molar-refractivity contribution in [2.75, 3.05) is 19.7 Å². The fraction of sp³-hybridized carbons (Fsp3) is 0.900. The van der Waals surface area contributed by atoms with Crippen molar-refractivity contribution in [1.82, 2.24) is 10.2 Å². The molecule has 0 radical (unpaired) electrons. The first-order valence-electron chi connectivity index (χ1n) is 5.47. The van der Waals surface area contributed by atoms with Crippen LogP contribution in [-0.4, -0.2) is 41.8 Å². The highest BCUT2D eigenvalue weighted by molar-refractivity contribution is 5.75. The fourth-order valence-corrected chi connectivity index (χ4v) is 2.52.